The summed E-state index contributed by atoms with van der Waals surface area (Å²) in [5, 5.41) is 16.3. The number of amides is 1. The van der Waals surface area contributed by atoms with Gasteiger partial charge in [-0.05, 0) is 49.2 Å². The number of hydrogen-bond donors (Lipinski definition) is 1. The van der Waals surface area contributed by atoms with E-state index in [2.05, 4.69) is 20.5 Å². The molecule has 1 aliphatic rings. The van der Waals surface area contributed by atoms with Gasteiger partial charge in [0.05, 0.1) is 5.69 Å². The van der Waals surface area contributed by atoms with E-state index in [4.69, 9.17) is 5.10 Å². The minimum atomic E-state index is 0.113. The molecule has 29 heavy (non-hydrogen) atoms. The molecular weight excluding hydrogens is 364 g/mol. The van der Waals surface area contributed by atoms with Crippen LogP contribution in [0.4, 0.5) is 5.69 Å². The molecule has 0 spiro atoms. The molecule has 0 saturated heterocycles. The molecule has 7 heteroatoms. The first-order valence-electron chi connectivity index (χ1n) is 9.82. The van der Waals surface area contributed by atoms with Crippen molar-refractivity contribution in [2.24, 2.45) is 5.92 Å². The van der Waals surface area contributed by atoms with Gasteiger partial charge in [-0.3, -0.25) is 9.78 Å². The number of nitrogens with zero attached hydrogens (tertiary/aromatic N) is 5. The molecule has 0 bridgehead atoms. The van der Waals surface area contributed by atoms with Crippen LogP contribution in [0.3, 0.4) is 0 Å². The van der Waals surface area contributed by atoms with Crippen LogP contribution in [0.1, 0.15) is 25.7 Å². The van der Waals surface area contributed by atoms with Crippen LogP contribution >= 0.6 is 0 Å². The van der Waals surface area contributed by atoms with Crippen LogP contribution in [0, 0.1) is 5.92 Å². The second kappa shape index (κ2) is 7.43. The van der Waals surface area contributed by atoms with Crippen molar-refractivity contribution in [1.29, 1.82) is 0 Å². The number of carbonyl (C=O) groups is 1. The summed E-state index contributed by atoms with van der Waals surface area (Å²) in [7, 11) is 0. The molecular formula is C22H20N6O. The highest BCUT2D eigenvalue weighted by molar-refractivity contribution is 5.93. The Morgan fingerprint density at radius 2 is 1.79 bits per heavy atom. The summed E-state index contributed by atoms with van der Waals surface area (Å²) in [6, 6.07) is 15.3. The first-order valence-corrected chi connectivity index (χ1v) is 9.82. The van der Waals surface area contributed by atoms with Gasteiger partial charge in [0.25, 0.3) is 0 Å². The third-order valence-corrected chi connectivity index (χ3v) is 5.35. The van der Waals surface area contributed by atoms with Gasteiger partial charge in [0.15, 0.2) is 11.5 Å². The Morgan fingerprint density at radius 1 is 0.966 bits per heavy atom. The SMILES string of the molecule is O=C(Nc1cccc(-c2ccc3nnc(-c4ccncc4)n3n2)c1)C1CCCC1. The Hall–Kier alpha value is -3.61. The summed E-state index contributed by atoms with van der Waals surface area (Å²) in [5.74, 6) is 0.907. The van der Waals surface area contributed by atoms with Crippen molar-refractivity contribution in [3.8, 4) is 22.6 Å². The maximum absolute atomic E-state index is 12.5. The fraction of sp³-hybridized carbons (Fsp3) is 0.227. The Bertz CT molecular complexity index is 1160. The summed E-state index contributed by atoms with van der Waals surface area (Å²) in [6.07, 6.45) is 7.68. The van der Waals surface area contributed by atoms with E-state index in [1.54, 1.807) is 16.9 Å². The molecule has 0 aliphatic heterocycles. The molecule has 7 nitrogen and oxygen atoms in total. The van der Waals surface area contributed by atoms with E-state index in [1.165, 1.54) is 0 Å². The minimum Gasteiger partial charge on any atom is -0.326 e. The zero-order valence-electron chi connectivity index (χ0n) is 15.8. The number of hydrogen-bond acceptors (Lipinski definition) is 5. The summed E-state index contributed by atoms with van der Waals surface area (Å²) >= 11 is 0. The van der Waals surface area contributed by atoms with Crippen LogP contribution in [0.25, 0.3) is 28.3 Å². The topological polar surface area (TPSA) is 85.1 Å². The number of fused-ring (bicyclic) bond motifs is 1. The zero-order valence-corrected chi connectivity index (χ0v) is 15.8. The van der Waals surface area contributed by atoms with Gasteiger partial charge in [-0.2, -0.15) is 9.61 Å². The minimum absolute atomic E-state index is 0.113. The maximum atomic E-state index is 12.5. The predicted octanol–water partition coefficient (Wildman–Crippen LogP) is 3.98. The summed E-state index contributed by atoms with van der Waals surface area (Å²) in [4.78, 5) is 16.5. The highest BCUT2D eigenvalue weighted by Gasteiger charge is 2.22. The fourth-order valence-electron chi connectivity index (χ4n) is 3.81. The molecule has 0 radical (unpaired) electrons. The smallest absolute Gasteiger partial charge is 0.227 e. The molecule has 1 N–H and O–H groups in total. The number of carbonyl (C=O) groups excluding carboxylic acids is 1. The summed E-state index contributed by atoms with van der Waals surface area (Å²) in [5.41, 5.74) is 4.07. The summed E-state index contributed by atoms with van der Waals surface area (Å²) in [6.45, 7) is 0. The Morgan fingerprint density at radius 3 is 2.62 bits per heavy atom. The van der Waals surface area contributed by atoms with Crippen LogP contribution in [0.2, 0.25) is 0 Å². The van der Waals surface area contributed by atoms with Gasteiger partial charge in [0, 0.05) is 35.1 Å². The van der Waals surface area contributed by atoms with E-state index in [9.17, 15) is 4.79 Å². The van der Waals surface area contributed by atoms with Crippen molar-refractivity contribution in [3.05, 3.63) is 60.9 Å². The molecule has 1 aliphatic carbocycles. The highest BCUT2D eigenvalue weighted by Crippen LogP contribution is 2.27. The molecule has 1 aromatic carbocycles. The van der Waals surface area contributed by atoms with Crippen molar-refractivity contribution >= 4 is 17.2 Å². The lowest BCUT2D eigenvalue weighted by atomic mass is 10.1. The van der Waals surface area contributed by atoms with Crippen molar-refractivity contribution in [2.75, 3.05) is 5.32 Å². The van der Waals surface area contributed by atoms with E-state index < -0.39 is 0 Å². The average Bonchev–Trinajstić information content (AvgIpc) is 3.44. The number of rotatable bonds is 4. The quantitative estimate of drug-likeness (QED) is 0.575. The van der Waals surface area contributed by atoms with Crippen LogP contribution < -0.4 is 5.32 Å². The number of nitrogens with one attached hydrogen (secondary N) is 1. The first kappa shape index (κ1) is 17.5. The Labute approximate surface area is 167 Å². The second-order valence-electron chi connectivity index (χ2n) is 7.30. The molecule has 1 saturated carbocycles. The highest BCUT2D eigenvalue weighted by atomic mass is 16.1. The lowest BCUT2D eigenvalue weighted by molar-refractivity contribution is -0.119. The van der Waals surface area contributed by atoms with Gasteiger partial charge >= 0.3 is 0 Å². The molecule has 0 unspecified atom stereocenters. The largest absolute Gasteiger partial charge is 0.326 e. The predicted molar refractivity (Wildman–Crippen MR) is 110 cm³/mol. The second-order valence-corrected chi connectivity index (χ2v) is 7.30. The van der Waals surface area contributed by atoms with Gasteiger partial charge in [-0.1, -0.05) is 25.0 Å². The average molecular weight is 384 g/mol. The molecule has 4 aromatic rings. The standard InChI is InChI=1S/C22H20N6O/c29-22(16-4-1-2-5-16)24-18-7-3-6-17(14-18)19-8-9-20-25-26-21(28(20)27-19)15-10-12-23-13-11-15/h3,6-14,16H,1-2,4-5H2,(H,24,29). The van der Waals surface area contributed by atoms with Gasteiger partial charge in [-0.15, -0.1) is 10.2 Å². The normalized spacial score (nSPS) is 14.3. The van der Waals surface area contributed by atoms with E-state index >= 15 is 0 Å². The third-order valence-electron chi connectivity index (χ3n) is 5.35. The molecule has 1 fully saturated rings. The first-order chi connectivity index (χ1) is 14.3. The van der Waals surface area contributed by atoms with E-state index in [0.29, 0.717) is 11.5 Å². The van der Waals surface area contributed by atoms with Crippen molar-refractivity contribution in [1.82, 2.24) is 24.8 Å². The van der Waals surface area contributed by atoms with Crippen LogP contribution in [0.15, 0.2) is 60.9 Å². The van der Waals surface area contributed by atoms with Crippen LogP contribution in [0.5, 0.6) is 0 Å². The molecule has 144 valence electrons. The van der Waals surface area contributed by atoms with Crippen molar-refractivity contribution < 1.29 is 4.79 Å². The maximum Gasteiger partial charge on any atom is 0.227 e. The lowest BCUT2D eigenvalue weighted by Gasteiger charge is -2.11. The lowest BCUT2D eigenvalue weighted by Crippen LogP contribution is -2.20. The molecule has 0 atom stereocenters. The zero-order chi connectivity index (χ0) is 19.6. The van der Waals surface area contributed by atoms with Crippen LogP contribution in [-0.2, 0) is 4.79 Å². The van der Waals surface area contributed by atoms with Gasteiger partial charge < -0.3 is 5.32 Å². The van der Waals surface area contributed by atoms with E-state index in [-0.39, 0.29) is 11.8 Å². The molecule has 5 rings (SSSR count). The van der Waals surface area contributed by atoms with Gasteiger partial charge in [0.2, 0.25) is 5.91 Å². The van der Waals surface area contributed by atoms with Gasteiger partial charge in [0.1, 0.15) is 0 Å². The Balaban J connectivity index is 1.47. The van der Waals surface area contributed by atoms with E-state index in [0.717, 1.165) is 48.2 Å². The van der Waals surface area contributed by atoms with Crippen LogP contribution in [-0.4, -0.2) is 30.7 Å². The fourth-order valence-corrected chi connectivity index (χ4v) is 3.81. The monoisotopic (exact) mass is 384 g/mol. The Kier molecular flexibility index (Phi) is 4.48. The number of pyridine rings is 1. The van der Waals surface area contributed by atoms with Crippen molar-refractivity contribution in [2.45, 2.75) is 25.7 Å². The van der Waals surface area contributed by atoms with Crippen molar-refractivity contribution in [3.63, 3.8) is 0 Å². The molecule has 3 aromatic heterocycles. The summed E-state index contributed by atoms with van der Waals surface area (Å²) < 4.78 is 1.73. The number of aromatic nitrogens is 5. The third kappa shape index (κ3) is 3.47. The number of anilines is 1. The van der Waals surface area contributed by atoms with E-state index in [1.807, 2.05) is 48.5 Å². The molecule has 1 amide bonds. The molecule has 3 heterocycles. The van der Waals surface area contributed by atoms with Gasteiger partial charge in [-0.25, -0.2) is 0 Å². The number of benzene rings is 1.